The third-order valence-electron chi connectivity index (χ3n) is 3.85. The molecule has 0 amide bonds. The van der Waals surface area contributed by atoms with Crippen LogP contribution in [-0.4, -0.2) is 11.5 Å². The maximum Gasteiger partial charge on any atom is 0.135 e. The van der Waals surface area contributed by atoms with Gasteiger partial charge in [0.05, 0.1) is 5.56 Å². The average molecular weight is 266 g/mol. The van der Waals surface area contributed by atoms with E-state index in [1.54, 1.807) is 6.07 Å². The summed E-state index contributed by atoms with van der Waals surface area (Å²) < 4.78 is 13.7. The number of hydrogen-bond donors (Lipinski definition) is 2. The molecule has 18 heavy (non-hydrogen) atoms. The topological polar surface area (TPSA) is 38.0 Å². The normalized spacial score (nSPS) is 23.0. The van der Waals surface area contributed by atoms with Gasteiger partial charge in [-0.25, -0.2) is 4.39 Å². The lowest BCUT2D eigenvalue weighted by molar-refractivity contribution is 0.439. The Labute approximate surface area is 113 Å². The summed E-state index contributed by atoms with van der Waals surface area (Å²) in [6.07, 6.45) is 3.82. The van der Waals surface area contributed by atoms with Crippen molar-refractivity contribution >= 4 is 22.9 Å². The summed E-state index contributed by atoms with van der Waals surface area (Å²) in [4.78, 5) is 0.107. The molecule has 3 N–H and O–H groups in total. The molecule has 1 aliphatic carbocycles. The molecule has 0 saturated heterocycles. The third kappa shape index (κ3) is 2.80. The zero-order valence-corrected chi connectivity index (χ0v) is 11.4. The first-order valence-corrected chi connectivity index (χ1v) is 6.82. The van der Waals surface area contributed by atoms with Gasteiger partial charge in [0, 0.05) is 12.2 Å². The summed E-state index contributed by atoms with van der Waals surface area (Å²) in [6.45, 7) is 3.14. The van der Waals surface area contributed by atoms with Crippen LogP contribution in [0.15, 0.2) is 18.2 Å². The van der Waals surface area contributed by atoms with Crippen molar-refractivity contribution in [2.24, 2.45) is 17.6 Å². The number of halogens is 1. The van der Waals surface area contributed by atoms with E-state index in [4.69, 9.17) is 18.0 Å². The van der Waals surface area contributed by atoms with E-state index < -0.39 is 0 Å². The number of thiocarbonyl (C=S) groups is 1. The van der Waals surface area contributed by atoms with E-state index in [2.05, 4.69) is 12.2 Å². The number of nitrogens with one attached hydrogen (secondary N) is 1. The van der Waals surface area contributed by atoms with Gasteiger partial charge in [-0.05, 0) is 30.4 Å². The zero-order valence-electron chi connectivity index (χ0n) is 10.6. The third-order valence-corrected chi connectivity index (χ3v) is 4.06. The molecule has 1 fully saturated rings. The van der Waals surface area contributed by atoms with Crippen molar-refractivity contribution in [2.75, 3.05) is 11.9 Å². The van der Waals surface area contributed by atoms with Crippen LogP contribution in [0.25, 0.3) is 0 Å². The second-order valence-corrected chi connectivity index (χ2v) is 5.52. The largest absolute Gasteiger partial charge is 0.389 e. The van der Waals surface area contributed by atoms with E-state index in [-0.39, 0.29) is 10.8 Å². The van der Waals surface area contributed by atoms with Crippen molar-refractivity contribution in [3.8, 4) is 0 Å². The first-order chi connectivity index (χ1) is 8.59. The molecule has 0 radical (unpaired) electrons. The van der Waals surface area contributed by atoms with Gasteiger partial charge in [0.15, 0.2) is 0 Å². The van der Waals surface area contributed by atoms with E-state index in [0.717, 1.165) is 12.5 Å². The van der Waals surface area contributed by atoms with Crippen LogP contribution < -0.4 is 11.1 Å². The second kappa shape index (κ2) is 5.65. The summed E-state index contributed by atoms with van der Waals surface area (Å²) in [5, 5.41) is 3.30. The van der Waals surface area contributed by atoms with Crippen molar-refractivity contribution in [2.45, 2.75) is 26.2 Å². The standard InChI is InChI=1S/C14H19FN2S/c1-9-4-2-5-10(9)8-17-12-7-3-6-11(15)13(12)14(16)18/h3,6-7,9-10,17H,2,4-5,8H2,1H3,(H2,16,18). The van der Waals surface area contributed by atoms with Gasteiger partial charge >= 0.3 is 0 Å². The molecular weight excluding hydrogens is 247 g/mol. The smallest absolute Gasteiger partial charge is 0.135 e. The minimum absolute atomic E-state index is 0.107. The van der Waals surface area contributed by atoms with Crippen molar-refractivity contribution in [3.63, 3.8) is 0 Å². The fourth-order valence-corrected chi connectivity index (χ4v) is 2.90. The Morgan fingerprint density at radius 1 is 1.50 bits per heavy atom. The Bertz CT molecular complexity index is 447. The summed E-state index contributed by atoms with van der Waals surface area (Å²) >= 11 is 4.91. The lowest BCUT2D eigenvalue weighted by atomic mass is 9.98. The number of benzene rings is 1. The highest BCUT2D eigenvalue weighted by atomic mass is 32.1. The maximum absolute atomic E-state index is 13.7. The van der Waals surface area contributed by atoms with Gasteiger partial charge < -0.3 is 11.1 Å². The summed E-state index contributed by atoms with van der Waals surface area (Å²) in [5.74, 6) is 1.04. The molecule has 0 aromatic heterocycles. The highest BCUT2D eigenvalue weighted by Crippen LogP contribution is 2.31. The molecule has 2 nitrogen and oxygen atoms in total. The van der Waals surface area contributed by atoms with Crippen LogP contribution in [0.4, 0.5) is 10.1 Å². The molecule has 1 aromatic rings. The molecule has 0 aliphatic heterocycles. The van der Waals surface area contributed by atoms with Crippen LogP contribution in [0.2, 0.25) is 0 Å². The Hall–Kier alpha value is -1.16. The van der Waals surface area contributed by atoms with Crippen LogP contribution in [0.1, 0.15) is 31.7 Å². The summed E-state index contributed by atoms with van der Waals surface area (Å²) in [6, 6.07) is 4.90. The Kier molecular flexibility index (Phi) is 4.17. The van der Waals surface area contributed by atoms with Gasteiger partial charge in [-0.2, -0.15) is 0 Å². The Balaban J connectivity index is 2.09. The number of hydrogen-bond acceptors (Lipinski definition) is 2. The molecular formula is C14H19FN2S. The van der Waals surface area contributed by atoms with E-state index in [1.165, 1.54) is 25.3 Å². The van der Waals surface area contributed by atoms with Gasteiger partial charge in [-0.3, -0.25) is 0 Å². The second-order valence-electron chi connectivity index (χ2n) is 5.08. The van der Waals surface area contributed by atoms with Gasteiger partial charge in [0.2, 0.25) is 0 Å². The molecule has 4 heteroatoms. The number of nitrogens with two attached hydrogens (primary N) is 1. The van der Waals surface area contributed by atoms with E-state index in [0.29, 0.717) is 17.2 Å². The molecule has 1 aromatic carbocycles. The average Bonchev–Trinajstić information content (AvgIpc) is 2.71. The monoisotopic (exact) mass is 266 g/mol. The van der Waals surface area contributed by atoms with Crippen molar-refractivity contribution in [1.29, 1.82) is 0 Å². The Morgan fingerprint density at radius 2 is 2.28 bits per heavy atom. The summed E-state index contributed by atoms with van der Waals surface area (Å²) in [7, 11) is 0. The van der Waals surface area contributed by atoms with Crippen molar-refractivity contribution < 1.29 is 4.39 Å². The van der Waals surface area contributed by atoms with E-state index in [9.17, 15) is 4.39 Å². The molecule has 2 atom stereocenters. The summed E-state index contributed by atoms with van der Waals surface area (Å²) in [5.41, 5.74) is 6.62. The predicted octanol–water partition coefficient (Wildman–Crippen LogP) is 3.31. The molecule has 0 heterocycles. The van der Waals surface area contributed by atoms with Gasteiger partial charge in [-0.15, -0.1) is 0 Å². The Morgan fingerprint density at radius 3 is 2.89 bits per heavy atom. The lowest BCUT2D eigenvalue weighted by Crippen LogP contribution is -2.20. The minimum atomic E-state index is -0.355. The van der Waals surface area contributed by atoms with Crippen LogP contribution >= 0.6 is 12.2 Å². The first-order valence-electron chi connectivity index (χ1n) is 6.41. The highest BCUT2D eigenvalue weighted by Gasteiger charge is 2.23. The van der Waals surface area contributed by atoms with E-state index >= 15 is 0 Å². The fraction of sp³-hybridized carbons (Fsp3) is 0.500. The minimum Gasteiger partial charge on any atom is -0.389 e. The molecule has 0 spiro atoms. The SMILES string of the molecule is CC1CCCC1CNc1cccc(F)c1C(N)=S. The molecule has 1 aliphatic rings. The van der Waals surface area contributed by atoms with Crippen LogP contribution in [-0.2, 0) is 0 Å². The van der Waals surface area contributed by atoms with Crippen molar-refractivity contribution in [3.05, 3.63) is 29.6 Å². The number of anilines is 1. The number of rotatable bonds is 4. The quantitative estimate of drug-likeness (QED) is 0.821. The van der Waals surface area contributed by atoms with Gasteiger partial charge in [0.1, 0.15) is 10.8 Å². The highest BCUT2D eigenvalue weighted by molar-refractivity contribution is 7.80. The van der Waals surface area contributed by atoms with Crippen LogP contribution in [0.5, 0.6) is 0 Å². The van der Waals surface area contributed by atoms with Crippen molar-refractivity contribution in [1.82, 2.24) is 0 Å². The molecule has 2 rings (SSSR count). The first kappa shape index (κ1) is 13.3. The van der Waals surface area contributed by atoms with E-state index in [1.807, 2.05) is 6.07 Å². The molecule has 0 bridgehead atoms. The maximum atomic E-state index is 13.7. The van der Waals surface area contributed by atoms with Crippen LogP contribution in [0.3, 0.4) is 0 Å². The predicted molar refractivity (Wildman–Crippen MR) is 77.3 cm³/mol. The van der Waals surface area contributed by atoms with Gasteiger partial charge in [-0.1, -0.05) is 38.0 Å². The van der Waals surface area contributed by atoms with Crippen LogP contribution in [0, 0.1) is 17.7 Å². The fourth-order valence-electron chi connectivity index (χ4n) is 2.69. The molecule has 98 valence electrons. The molecule has 1 saturated carbocycles. The lowest BCUT2D eigenvalue weighted by Gasteiger charge is -2.18. The molecule has 2 unspecified atom stereocenters. The zero-order chi connectivity index (χ0) is 13.1. The van der Waals surface area contributed by atoms with Gasteiger partial charge in [0.25, 0.3) is 0 Å².